The molecular weight excluding hydrogens is 208 g/mol. The number of benzene rings is 1. The molecule has 0 fully saturated rings. The molecule has 1 nitrogen and oxygen atoms in total. The van der Waals surface area contributed by atoms with Gasteiger partial charge in [-0.2, -0.15) is 0 Å². The van der Waals surface area contributed by atoms with E-state index < -0.39 is 6.17 Å². The quantitative estimate of drug-likeness (QED) is 0.822. The molecule has 0 bridgehead atoms. The third-order valence-corrected chi connectivity index (χ3v) is 2.94. The highest BCUT2D eigenvalue weighted by Gasteiger charge is 2.22. The summed E-state index contributed by atoms with van der Waals surface area (Å²) in [6.45, 7) is 4.28. The van der Waals surface area contributed by atoms with Crippen molar-refractivity contribution in [2.24, 2.45) is 17.6 Å². The Kier molecular flexibility index (Phi) is 4.87. The summed E-state index contributed by atoms with van der Waals surface area (Å²) >= 11 is 0. The van der Waals surface area contributed by atoms with E-state index >= 15 is 0 Å². The van der Waals surface area contributed by atoms with Gasteiger partial charge in [0, 0.05) is 12.3 Å². The fourth-order valence-corrected chi connectivity index (χ4v) is 1.83. The van der Waals surface area contributed by atoms with Crippen LogP contribution in [0.3, 0.4) is 0 Å². The van der Waals surface area contributed by atoms with Gasteiger partial charge in [0.15, 0.2) is 0 Å². The molecular formula is C13H19F2N. The van der Waals surface area contributed by atoms with Crippen LogP contribution in [-0.2, 0) is 6.42 Å². The van der Waals surface area contributed by atoms with E-state index in [0.29, 0.717) is 13.0 Å². The van der Waals surface area contributed by atoms with Crippen molar-refractivity contribution in [2.45, 2.75) is 26.4 Å². The first-order valence-electron chi connectivity index (χ1n) is 5.63. The van der Waals surface area contributed by atoms with Gasteiger partial charge in [0.2, 0.25) is 0 Å². The summed E-state index contributed by atoms with van der Waals surface area (Å²) < 4.78 is 26.6. The number of hydrogen-bond donors (Lipinski definition) is 1. The minimum absolute atomic E-state index is 0.134. The lowest BCUT2D eigenvalue weighted by Crippen LogP contribution is -2.30. The molecule has 90 valence electrons. The molecule has 2 unspecified atom stereocenters. The first-order chi connectivity index (χ1) is 7.54. The highest BCUT2D eigenvalue weighted by molar-refractivity contribution is 5.17. The van der Waals surface area contributed by atoms with Crippen molar-refractivity contribution in [2.75, 3.05) is 6.54 Å². The zero-order chi connectivity index (χ0) is 12.1. The Labute approximate surface area is 95.7 Å². The molecule has 1 aromatic carbocycles. The molecule has 16 heavy (non-hydrogen) atoms. The number of halogens is 2. The molecule has 0 heterocycles. The zero-order valence-electron chi connectivity index (χ0n) is 9.79. The Morgan fingerprint density at radius 2 is 1.75 bits per heavy atom. The molecule has 0 aromatic heterocycles. The topological polar surface area (TPSA) is 26.0 Å². The molecule has 0 radical (unpaired) electrons. The molecule has 0 aliphatic rings. The van der Waals surface area contributed by atoms with Crippen molar-refractivity contribution in [1.29, 1.82) is 0 Å². The second-order valence-corrected chi connectivity index (χ2v) is 4.49. The van der Waals surface area contributed by atoms with Crippen molar-refractivity contribution in [3.8, 4) is 0 Å². The van der Waals surface area contributed by atoms with Crippen LogP contribution in [0.5, 0.6) is 0 Å². The molecule has 0 aliphatic carbocycles. The molecule has 2 N–H and O–H groups in total. The second kappa shape index (κ2) is 5.94. The van der Waals surface area contributed by atoms with Crippen LogP contribution < -0.4 is 5.73 Å². The van der Waals surface area contributed by atoms with Gasteiger partial charge >= 0.3 is 0 Å². The van der Waals surface area contributed by atoms with E-state index in [1.165, 1.54) is 12.1 Å². The third-order valence-electron chi connectivity index (χ3n) is 2.94. The molecule has 0 saturated heterocycles. The second-order valence-electron chi connectivity index (χ2n) is 4.49. The highest BCUT2D eigenvalue weighted by Crippen LogP contribution is 2.20. The Morgan fingerprint density at radius 3 is 2.19 bits per heavy atom. The minimum Gasteiger partial charge on any atom is -0.330 e. The summed E-state index contributed by atoms with van der Waals surface area (Å²) in [5.41, 5.74) is 6.37. The highest BCUT2D eigenvalue weighted by atomic mass is 19.1. The van der Waals surface area contributed by atoms with Crippen LogP contribution in [0.1, 0.15) is 19.4 Å². The molecule has 2 atom stereocenters. The van der Waals surface area contributed by atoms with Gasteiger partial charge < -0.3 is 5.73 Å². The Bertz CT molecular complexity index is 308. The number of hydrogen-bond acceptors (Lipinski definition) is 1. The Hall–Kier alpha value is -0.960. The van der Waals surface area contributed by atoms with Gasteiger partial charge in [-0.1, -0.05) is 26.0 Å². The molecule has 1 rings (SSSR count). The average Bonchev–Trinajstić information content (AvgIpc) is 2.22. The predicted molar refractivity (Wildman–Crippen MR) is 62.4 cm³/mol. The van der Waals surface area contributed by atoms with Crippen LogP contribution in [0.4, 0.5) is 8.78 Å². The van der Waals surface area contributed by atoms with Gasteiger partial charge in [-0.25, -0.2) is 8.78 Å². The first-order valence-corrected chi connectivity index (χ1v) is 5.63. The maximum atomic E-state index is 13.9. The predicted octanol–water partition coefficient (Wildman–Crippen LogP) is 2.94. The van der Waals surface area contributed by atoms with Crippen LogP contribution in [-0.4, -0.2) is 12.7 Å². The monoisotopic (exact) mass is 227 g/mol. The van der Waals surface area contributed by atoms with E-state index in [1.807, 2.05) is 13.8 Å². The van der Waals surface area contributed by atoms with Crippen molar-refractivity contribution in [1.82, 2.24) is 0 Å². The van der Waals surface area contributed by atoms with Gasteiger partial charge in [0.1, 0.15) is 12.0 Å². The maximum Gasteiger partial charge on any atom is 0.123 e. The van der Waals surface area contributed by atoms with E-state index in [0.717, 1.165) is 5.56 Å². The minimum atomic E-state index is -0.963. The maximum absolute atomic E-state index is 13.9. The van der Waals surface area contributed by atoms with E-state index in [1.54, 1.807) is 12.1 Å². The number of nitrogens with two attached hydrogens (primary N) is 1. The lowest BCUT2D eigenvalue weighted by Gasteiger charge is -2.23. The Morgan fingerprint density at radius 1 is 1.19 bits per heavy atom. The van der Waals surface area contributed by atoms with Gasteiger partial charge in [-0.3, -0.25) is 0 Å². The summed E-state index contributed by atoms with van der Waals surface area (Å²) in [4.78, 5) is 0. The Balaban J connectivity index is 2.62. The summed E-state index contributed by atoms with van der Waals surface area (Å²) in [7, 11) is 0. The van der Waals surface area contributed by atoms with Gasteiger partial charge in [-0.05, 0) is 30.2 Å². The van der Waals surface area contributed by atoms with Crippen molar-refractivity contribution in [3.63, 3.8) is 0 Å². The lowest BCUT2D eigenvalue weighted by atomic mass is 9.88. The van der Waals surface area contributed by atoms with E-state index in [4.69, 9.17) is 5.73 Å². The summed E-state index contributed by atoms with van der Waals surface area (Å²) in [6, 6.07) is 5.95. The number of alkyl halides is 1. The summed E-state index contributed by atoms with van der Waals surface area (Å²) in [6.07, 6.45) is -0.657. The van der Waals surface area contributed by atoms with E-state index in [2.05, 4.69) is 0 Å². The summed E-state index contributed by atoms with van der Waals surface area (Å²) in [5, 5.41) is 0. The molecule has 0 amide bonds. The average molecular weight is 227 g/mol. The zero-order valence-corrected chi connectivity index (χ0v) is 9.79. The van der Waals surface area contributed by atoms with Gasteiger partial charge in [0.25, 0.3) is 0 Å². The van der Waals surface area contributed by atoms with Crippen molar-refractivity contribution in [3.05, 3.63) is 35.6 Å². The lowest BCUT2D eigenvalue weighted by molar-refractivity contribution is 0.185. The van der Waals surface area contributed by atoms with Crippen LogP contribution in [0.15, 0.2) is 24.3 Å². The summed E-state index contributed by atoms with van der Waals surface area (Å²) in [5.74, 6) is -0.205. The van der Waals surface area contributed by atoms with Crippen molar-refractivity contribution < 1.29 is 8.78 Å². The van der Waals surface area contributed by atoms with Crippen LogP contribution in [0, 0.1) is 17.7 Å². The van der Waals surface area contributed by atoms with Crippen LogP contribution in [0.25, 0.3) is 0 Å². The van der Waals surface area contributed by atoms with Crippen LogP contribution in [0.2, 0.25) is 0 Å². The third kappa shape index (κ3) is 3.56. The largest absolute Gasteiger partial charge is 0.330 e. The van der Waals surface area contributed by atoms with Crippen molar-refractivity contribution >= 4 is 0 Å². The first kappa shape index (κ1) is 13.1. The fraction of sp³-hybridized carbons (Fsp3) is 0.538. The van der Waals surface area contributed by atoms with E-state index in [9.17, 15) is 8.78 Å². The molecule has 1 aromatic rings. The van der Waals surface area contributed by atoms with Crippen LogP contribution >= 0.6 is 0 Å². The smallest absolute Gasteiger partial charge is 0.123 e. The van der Waals surface area contributed by atoms with Gasteiger partial charge in [-0.15, -0.1) is 0 Å². The molecule has 3 heteroatoms. The van der Waals surface area contributed by atoms with Gasteiger partial charge in [0.05, 0.1) is 0 Å². The molecule has 0 aliphatic heterocycles. The van der Waals surface area contributed by atoms with E-state index in [-0.39, 0.29) is 17.7 Å². The molecule has 0 saturated carbocycles. The molecule has 0 spiro atoms. The number of rotatable bonds is 5. The normalized spacial score (nSPS) is 15.1. The standard InChI is InChI=1S/C13H19F2N/c1-9(2)12(8-16)13(15)7-10-3-5-11(14)6-4-10/h3-6,9,12-13H,7-8,16H2,1-2H3. The fourth-order valence-electron chi connectivity index (χ4n) is 1.83. The SMILES string of the molecule is CC(C)C(CN)C(F)Cc1ccc(F)cc1.